The molecule has 0 fully saturated rings. The van der Waals surface area contributed by atoms with Gasteiger partial charge in [-0.3, -0.25) is 14.2 Å². The van der Waals surface area contributed by atoms with Gasteiger partial charge in [0.05, 0.1) is 7.05 Å². The zero-order valence-corrected chi connectivity index (χ0v) is 4.66. The SMILES string of the molecule is [CH2]n1ccc(=O)n1C. The van der Waals surface area contributed by atoms with E-state index in [0.717, 1.165) is 0 Å². The van der Waals surface area contributed by atoms with Crippen LogP contribution in [0.15, 0.2) is 17.1 Å². The van der Waals surface area contributed by atoms with Crippen LogP contribution < -0.4 is 5.56 Å². The Labute approximate surface area is 47.1 Å². The molecule has 3 heteroatoms. The Bertz CT molecular complexity index is 233. The third kappa shape index (κ3) is 0.559. The molecule has 0 spiro atoms. The first-order valence-electron chi connectivity index (χ1n) is 2.27. The summed E-state index contributed by atoms with van der Waals surface area (Å²) in [4.78, 5) is 10.5. The fourth-order valence-electron chi connectivity index (χ4n) is 0.484. The molecule has 43 valence electrons. The van der Waals surface area contributed by atoms with Gasteiger partial charge in [0, 0.05) is 19.3 Å². The first-order valence-corrected chi connectivity index (χ1v) is 2.27. The molecular weight excluding hydrogens is 104 g/mol. The van der Waals surface area contributed by atoms with E-state index in [1.54, 1.807) is 13.2 Å². The van der Waals surface area contributed by atoms with Crippen molar-refractivity contribution in [2.75, 3.05) is 0 Å². The normalized spacial score (nSPS) is 9.75. The van der Waals surface area contributed by atoms with Crippen LogP contribution in [0.1, 0.15) is 0 Å². The van der Waals surface area contributed by atoms with Gasteiger partial charge in [-0.1, -0.05) is 0 Å². The summed E-state index contributed by atoms with van der Waals surface area (Å²) < 4.78 is 2.89. The second kappa shape index (κ2) is 1.51. The molecule has 0 aliphatic rings. The molecule has 0 aliphatic carbocycles. The first-order chi connectivity index (χ1) is 3.72. The molecule has 0 N–H and O–H groups in total. The molecule has 8 heavy (non-hydrogen) atoms. The molecule has 0 aromatic carbocycles. The Kier molecular flexibility index (Phi) is 0.970. The van der Waals surface area contributed by atoms with Crippen molar-refractivity contribution in [2.24, 2.45) is 7.05 Å². The van der Waals surface area contributed by atoms with Crippen LogP contribution in [0.25, 0.3) is 0 Å². The van der Waals surface area contributed by atoms with Gasteiger partial charge in [-0.2, -0.15) is 0 Å². The van der Waals surface area contributed by atoms with Crippen molar-refractivity contribution in [1.29, 1.82) is 0 Å². The summed E-state index contributed by atoms with van der Waals surface area (Å²) >= 11 is 0. The second-order valence-corrected chi connectivity index (χ2v) is 1.62. The summed E-state index contributed by atoms with van der Waals surface area (Å²) in [6.45, 7) is 0. The standard InChI is InChI=1S/C5H7N2O/c1-6-4-3-5(8)7(6)2/h3-4H,1H2,2H3. The summed E-state index contributed by atoms with van der Waals surface area (Å²) in [5, 5.41) is 0. The number of aromatic nitrogens is 2. The number of hydrogen-bond acceptors (Lipinski definition) is 1. The molecule has 0 atom stereocenters. The lowest BCUT2D eigenvalue weighted by atomic mass is 10.7. The van der Waals surface area contributed by atoms with Gasteiger partial charge in [-0.05, 0) is 0 Å². The average Bonchev–Trinajstić information content (AvgIpc) is 1.98. The lowest BCUT2D eigenvalue weighted by Gasteiger charge is -1.94. The van der Waals surface area contributed by atoms with Gasteiger partial charge < -0.3 is 0 Å². The first kappa shape index (κ1) is 5.15. The van der Waals surface area contributed by atoms with Crippen molar-refractivity contribution in [3.05, 3.63) is 29.7 Å². The van der Waals surface area contributed by atoms with Gasteiger partial charge in [0.2, 0.25) is 0 Å². The highest BCUT2D eigenvalue weighted by molar-refractivity contribution is 4.82. The van der Waals surface area contributed by atoms with E-state index < -0.39 is 0 Å². The predicted molar refractivity (Wildman–Crippen MR) is 30.4 cm³/mol. The molecular formula is C5H7N2O. The van der Waals surface area contributed by atoms with Crippen LogP contribution in [0.5, 0.6) is 0 Å². The van der Waals surface area contributed by atoms with E-state index >= 15 is 0 Å². The van der Waals surface area contributed by atoms with Crippen LogP contribution in [0.4, 0.5) is 0 Å². The Morgan fingerprint density at radius 2 is 2.38 bits per heavy atom. The van der Waals surface area contributed by atoms with Crippen molar-refractivity contribution in [1.82, 2.24) is 9.36 Å². The highest BCUT2D eigenvalue weighted by Gasteiger charge is 1.88. The Morgan fingerprint density at radius 3 is 2.50 bits per heavy atom. The van der Waals surface area contributed by atoms with Gasteiger partial charge in [-0.15, -0.1) is 0 Å². The summed E-state index contributed by atoms with van der Waals surface area (Å²) in [5.74, 6) is 0. The molecule has 0 aliphatic heterocycles. The Balaban J connectivity index is 3.41. The van der Waals surface area contributed by atoms with Gasteiger partial charge in [0.25, 0.3) is 5.56 Å². The van der Waals surface area contributed by atoms with E-state index in [9.17, 15) is 4.79 Å². The third-order valence-electron chi connectivity index (χ3n) is 1.09. The number of hydrogen-bond donors (Lipinski definition) is 0. The van der Waals surface area contributed by atoms with Crippen molar-refractivity contribution >= 4 is 0 Å². The molecule has 0 saturated carbocycles. The zero-order valence-electron chi connectivity index (χ0n) is 4.66. The lowest BCUT2D eigenvalue weighted by molar-refractivity contribution is 0.636. The minimum Gasteiger partial charge on any atom is -0.288 e. The van der Waals surface area contributed by atoms with Crippen LogP contribution in [0.2, 0.25) is 0 Å². The van der Waals surface area contributed by atoms with Gasteiger partial charge >= 0.3 is 0 Å². The molecule has 1 rings (SSSR count). The quantitative estimate of drug-likeness (QED) is 0.456. The van der Waals surface area contributed by atoms with E-state index in [-0.39, 0.29) is 5.56 Å². The fraction of sp³-hybridized carbons (Fsp3) is 0.200. The van der Waals surface area contributed by atoms with Crippen LogP contribution in [0.3, 0.4) is 0 Å². The van der Waals surface area contributed by atoms with Gasteiger partial charge in [0.15, 0.2) is 0 Å². The molecule has 0 unspecified atom stereocenters. The molecule has 0 bridgehead atoms. The minimum absolute atomic E-state index is 0.0278. The van der Waals surface area contributed by atoms with E-state index in [1.807, 2.05) is 0 Å². The van der Waals surface area contributed by atoms with Crippen molar-refractivity contribution in [3.63, 3.8) is 0 Å². The van der Waals surface area contributed by atoms with E-state index in [4.69, 9.17) is 0 Å². The van der Waals surface area contributed by atoms with Crippen LogP contribution in [0, 0.1) is 7.05 Å². The van der Waals surface area contributed by atoms with Gasteiger partial charge in [0.1, 0.15) is 0 Å². The molecule has 0 saturated heterocycles. The minimum atomic E-state index is -0.0278. The molecule has 0 amide bonds. The summed E-state index contributed by atoms with van der Waals surface area (Å²) in [7, 11) is 5.18. The van der Waals surface area contributed by atoms with Crippen molar-refractivity contribution in [2.45, 2.75) is 0 Å². The fourth-order valence-corrected chi connectivity index (χ4v) is 0.484. The van der Waals surface area contributed by atoms with Crippen LogP contribution in [-0.4, -0.2) is 9.36 Å². The number of rotatable bonds is 0. The highest BCUT2D eigenvalue weighted by atomic mass is 16.1. The molecule has 1 heterocycles. The van der Waals surface area contributed by atoms with Crippen molar-refractivity contribution in [3.8, 4) is 0 Å². The molecule has 1 radical (unpaired) electrons. The van der Waals surface area contributed by atoms with E-state index in [0.29, 0.717) is 0 Å². The highest BCUT2D eigenvalue weighted by Crippen LogP contribution is 1.74. The smallest absolute Gasteiger partial charge is 0.266 e. The topological polar surface area (TPSA) is 26.9 Å². The van der Waals surface area contributed by atoms with Crippen molar-refractivity contribution < 1.29 is 0 Å². The number of nitrogens with zero attached hydrogens (tertiary/aromatic N) is 2. The Morgan fingerprint density at radius 1 is 1.75 bits per heavy atom. The maximum absolute atomic E-state index is 10.5. The van der Waals surface area contributed by atoms with Gasteiger partial charge in [-0.25, -0.2) is 0 Å². The molecule has 1 aromatic rings. The van der Waals surface area contributed by atoms with E-state index in [2.05, 4.69) is 7.05 Å². The second-order valence-electron chi connectivity index (χ2n) is 1.62. The van der Waals surface area contributed by atoms with Crippen LogP contribution in [-0.2, 0) is 7.05 Å². The van der Waals surface area contributed by atoms with E-state index in [1.165, 1.54) is 15.4 Å². The summed E-state index contributed by atoms with van der Waals surface area (Å²) in [5.41, 5.74) is -0.0278. The maximum atomic E-state index is 10.5. The third-order valence-corrected chi connectivity index (χ3v) is 1.09. The molecule has 1 aromatic heterocycles. The zero-order chi connectivity index (χ0) is 6.15. The predicted octanol–water partition coefficient (Wildman–Crippen LogP) is -0.174. The largest absolute Gasteiger partial charge is 0.288 e. The summed E-state index contributed by atoms with van der Waals surface area (Å²) in [6, 6.07) is 1.47. The monoisotopic (exact) mass is 111 g/mol. The maximum Gasteiger partial charge on any atom is 0.266 e. The van der Waals surface area contributed by atoms with Crippen LogP contribution >= 0.6 is 0 Å². The summed E-state index contributed by atoms with van der Waals surface area (Å²) in [6.07, 6.45) is 1.61. The Hall–Kier alpha value is -0.990. The average molecular weight is 111 g/mol. The lowest BCUT2D eigenvalue weighted by Crippen LogP contribution is -2.15. The molecule has 3 nitrogen and oxygen atoms in total.